The summed E-state index contributed by atoms with van der Waals surface area (Å²) >= 11 is 5.16. The third-order valence-electron chi connectivity index (χ3n) is 1.73. The van der Waals surface area contributed by atoms with Gasteiger partial charge in [-0.1, -0.05) is 23.0 Å². The van der Waals surface area contributed by atoms with E-state index in [2.05, 4.69) is 0 Å². The van der Waals surface area contributed by atoms with Crippen molar-refractivity contribution < 1.29 is 4.74 Å². The molecule has 1 heterocycles. The van der Waals surface area contributed by atoms with E-state index in [4.69, 9.17) is 17.0 Å². The molecule has 0 aromatic heterocycles. The minimum Gasteiger partial charge on any atom is -0.367 e. The van der Waals surface area contributed by atoms with Crippen LogP contribution in [0.3, 0.4) is 0 Å². The van der Waals surface area contributed by atoms with E-state index in [-0.39, 0.29) is 0 Å². The van der Waals surface area contributed by atoms with Crippen LogP contribution in [0, 0.1) is 0 Å². The van der Waals surface area contributed by atoms with Crippen molar-refractivity contribution in [2.45, 2.75) is 24.7 Å². The van der Waals surface area contributed by atoms with Crippen molar-refractivity contribution in [3.05, 3.63) is 0 Å². The molecule has 76 valence electrons. The van der Waals surface area contributed by atoms with E-state index in [1.54, 1.807) is 21.6 Å². The van der Waals surface area contributed by atoms with Gasteiger partial charge in [0.05, 0.1) is 0 Å². The number of nitrogens with zero attached hydrogens (tertiary/aromatic N) is 1. The van der Waals surface area contributed by atoms with Crippen molar-refractivity contribution in [1.82, 2.24) is 4.90 Å². The summed E-state index contributed by atoms with van der Waals surface area (Å²) in [5, 5.41) is 0. The molecule has 0 radical (unpaired) electrons. The average molecular weight is 237 g/mol. The molecule has 0 saturated carbocycles. The zero-order chi connectivity index (χ0) is 9.68. The maximum absolute atomic E-state index is 5.57. The molecule has 1 aliphatic rings. The van der Waals surface area contributed by atoms with Gasteiger partial charge in [0.2, 0.25) is 0 Å². The van der Waals surface area contributed by atoms with Crippen molar-refractivity contribution in [3.8, 4) is 0 Å². The van der Waals surface area contributed by atoms with E-state index in [1.165, 1.54) is 12.8 Å². The molecule has 0 amide bonds. The third kappa shape index (κ3) is 4.54. The molecule has 0 aliphatic carbocycles. The smallest absolute Gasteiger partial charge is 0.146 e. The highest BCUT2D eigenvalue weighted by atomic mass is 33.1. The van der Waals surface area contributed by atoms with E-state index in [9.17, 15) is 0 Å². The molecule has 1 saturated heterocycles. The maximum atomic E-state index is 5.57. The Morgan fingerprint density at radius 3 is 2.77 bits per heavy atom. The second kappa shape index (κ2) is 6.11. The van der Waals surface area contributed by atoms with Crippen LogP contribution in [0.4, 0.5) is 0 Å². The van der Waals surface area contributed by atoms with E-state index in [0.717, 1.165) is 17.3 Å². The van der Waals surface area contributed by atoms with Crippen molar-refractivity contribution in [2.75, 3.05) is 20.7 Å². The Balaban J connectivity index is 2.13. The Morgan fingerprint density at radius 1 is 1.46 bits per heavy atom. The Morgan fingerprint density at radius 2 is 2.23 bits per heavy atom. The van der Waals surface area contributed by atoms with Crippen LogP contribution in [0.2, 0.25) is 0 Å². The van der Waals surface area contributed by atoms with Crippen molar-refractivity contribution in [1.29, 1.82) is 0 Å². The van der Waals surface area contributed by atoms with Gasteiger partial charge in [0, 0.05) is 20.7 Å². The SMILES string of the molecule is CN(C)C(=S)SS[C@H]1CCCCO1. The standard InChI is InChI=1S/C8H15NOS3/c1-9(2)8(11)13-12-7-5-3-4-6-10-7/h7H,3-6H2,1-2H3/t7-/m0/s1. The minimum atomic E-state index is 0.344. The largest absolute Gasteiger partial charge is 0.367 e. The lowest BCUT2D eigenvalue weighted by Gasteiger charge is -2.22. The second-order valence-electron chi connectivity index (χ2n) is 3.14. The van der Waals surface area contributed by atoms with Gasteiger partial charge >= 0.3 is 0 Å². The van der Waals surface area contributed by atoms with Crippen LogP contribution in [0.5, 0.6) is 0 Å². The lowest BCUT2D eigenvalue weighted by atomic mass is 10.2. The van der Waals surface area contributed by atoms with E-state index in [1.807, 2.05) is 19.0 Å². The van der Waals surface area contributed by atoms with Crippen LogP contribution in [0.15, 0.2) is 0 Å². The molecule has 1 atom stereocenters. The van der Waals surface area contributed by atoms with Gasteiger partial charge in [-0.05, 0) is 30.1 Å². The second-order valence-corrected chi connectivity index (χ2v) is 6.13. The molecule has 5 heteroatoms. The summed E-state index contributed by atoms with van der Waals surface area (Å²) in [5.74, 6) is 0. The minimum absolute atomic E-state index is 0.344. The summed E-state index contributed by atoms with van der Waals surface area (Å²) in [7, 11) is 7.33. The fourth-order valence-electron chi connectivity index (χ4n) is 0.956. The van der Waals surface area contributed by atoms with Gasteiger partial charge in [-0.3, -0.25) is 0 Å². The fourth-order valence-corrected chi connectivity index (χ4v) is 3.53. The Kier molecular flexibility index (Phi) is 5.47. The van der Waals surface area contributed by atoms with Gasteiger partial charge in [-0.25, -0.2) is 0 Å². The number of ether oxygens (including phenoxy) is 1. The third-order valence-corrected chi connectivity index (χ3v) is 5.26. The molecular weight excluding hydrogens is 222 g/mol. The summed E-state index contributed by atoms with van der Waals surface area (Å²) in [4.78, 5) is 1.95. The highest BCUT2D eigenvalue weighted by Gasteiger charge is 2.15. The number of rotatable bonds is 2. The molecule has 13 heavy (non-hydrogen) atoms. The van der Waals surface area contributed by atoms with Crippen molar-refractivity contribution >= 4 is 38.1 Å². The highest BCUT2D eigenvalue weighted by Crippen LogP contribution is 2.34. The van der Waals surface area contributed by atoms with Crippen LogP contribution in [-0.4, -0.2) is 35.4 Å². The number of hydrogen-bond acceptors (Lipinski definition) is 4. The van der Waals surface area contributed by atoms with Crippen LogP contribution in [0.1, 0.15) is 19.3 Å². The lowest BCUT2D eigenvalue weighted by Crippen LogP contribution is -2.18. The topological polar surface area (TPSA) is 12.5 Å². The normalized spacial score (nSPS) is 22.8. The average Bonchev–Trinajstić information content (AvgIpc) is 2.15. The first-order valence-electron chi connectivity index (χ1n) is 4.36. The number of hydrogen-bond donors (Lipinski definition) is 0. The fraction of sp³-hybridized carbons (Fsp3) is 0.875. The van der Waals surface area contributed by atoms with Crippen LogP contribution in [0.25, 0.3) is 0 Å². The molecule has 1 fully saturated rings. The Hall–Kier alpha value is 0.550. The maximum Gasteiger partial charge on any atom is 0.146 e. The van der Waals surface area contributed by atoms with Gasteiger partial charge in [0.1, 0.15) is 9.76 Å². The molecule has 0 N–H and O–H groups in total. The van der Waals surface area contributed by atoms with Crippen molar-refractivity contribution in [3.63, 3.8) is 0 Å². The van der Waals surface area contributed by atoms with Crippen LogP contribution >= 0.6 is 33.8 Å². The van der Waals surface area contributed by atoms with Gasteiger partial charge in [-0.15, -0.1) is 0 Å². The lowest BCUT2D eigenvalue weighted by molar-refractivity contribution is 0.0738. The molecule has 1 aliphatic heterocycles. The quantitative estimate of drug-likeness (QED) is 0.539. The van der Waals surface area contributed by atoms with Gasteiger partial charge < -0.3 is 9.64 Å². The van der Waals surface area contributed by atoms with Gasteiger partial charge in [0.15, 0.2) is 0 Å². The molecule has 1 rings (SSSR count). The molecule has 0 spiro atoms. The monoisotopic (exact) mass is 237 g/mol. The molecule has 0 unspecified atom stereocenters. The predicted octanol–water partition coefficient (Wildman–Crippen LogP) is 2.74. The van der Waals surface area contributed by atoms with Crippen molar-refractivity contribution in [2.24, 2.45) is 0 Å². The van der Waals surface area contributed by atoms with E-state index >= 15 is 0 Å². The van der Waals surface area contributed by atoms with E-state index in [0.29, 0.717) is 5.44 Å². The summed E-state index contributed by atoms with van der Waals surface area (Å²) in [5.41, 5.74) is 0.344. The van der Waals surface area contributed by atoms with Crippen LogP contribution in [-0.2, 0) is 4.74 Å². The summed E-state index contributed by atoms with van der Waals surface area (Å²) in [6.45, 7) is 0.910. The zero-order valence-electron chi connectivity index (χ0n) is 7.99. The summed E-state index contributed by atoms with van der Waals surface area (Å²) < 4.78 is 6.49. The molecule has 0 aromatic rings. The summed E-state index contributed by atoms with van der Waals surface area (Å²) in [6.07, 6.45) is 3.65. The van der Waals surface area contributed by atoms with E-state index < -0.39 is 0 Å². The van der Waals surface area contributed by atoms with Crippen LogP contribution < -0.4 is 0 Å². The zero-order valence-corrected chi connectivity index (χ0v) is 10.4. The highest BCUT2D eigenvalue weighted by molar-refractivity contribution is 8.83. The molecular formula is C8H15NOS3. The molecule has 0 aromatic carbocycles. The molecule has 0 bridgehead atoms. The predicted molar refractivity (Wildman–Crippen MR) is 65.1 cm³/mol. The Labute approximate surface area is 93.2 Å². The first-order chi connectivity index (χ1) is 6.20. The molecule has 2 nitrogen and oxygen atoms in total. The van der Waals surface area contributed by atoms with Gasteiger partial charge in [0.25, 0.3) is 0 Å². The first kappa shape index (κ1) is 11.6. The first-order valence-corrected chi connectivity index (χ1v) is 6.98. The van der Waals surface area contributed by atoms with Gasteiger partial charge in [-0.2, -0.15) is 0 Å². The Bertz CT molecular complexity index is 169. The number of thiocarbonyl (C=S) groups is 1. The summed E-state index contributed by atoms with van der Waals surface area (Å²) in [6, 6.07) is 0.